The van der Waals surface area contributed by atoms with Gasteiger partial charge in [0.1, 0.15) is 17.1 Å². The van der Waals surface area contributed by atoms with Crippen LogP contribution in [0.25, 0.3) is 0 Å². The van der Waals surface area contributed by atoms with Crippen LogP contribution < -0.4 is 10.2 Å². The molecule has 2 aromatic rings. The second-order valence-corrected chi connectivity index (χ2v) is 8.11. The Hall–Kier alpha value is -3.23. The van der Waals surface area contributed by atoms with Crippen LogP contribution in [0.5, 0.6) is 0 Å². The summed E-state index contributed by atoms with van der Waals surface area (Å²) in [5, 5.41) is 7.22. The van der Waals surface area contributed by atoms with Gasteiger partial charge >= 0.3 is 5.97 Å². The summed E-state index contributed by atoms with van der Waals surface area (Å²) in [5.41, 5.74) is -1.37. The normalized spacial score (nSPS) is 21.1. The third kappa shape index (κ3) is 3.68. The quantitative estimate of drug-likeness (QED) is 0.739. The van der Waals surface area contributed by atoms with Crippen LogP contribution in [-0.4, -0.2) is 45.8 Å². The van der Waals surface area contributed by atoms with Crippen LogP contribution in [0.1, 0.15) is 60.5 Å². The monoisotopic (exact) mass is 428 g/mol. The van der Waals surface area contributed by atoms with Gasteiger partial charge in [0.05, 0.1) is 18.8 Å². The standard InChI is InChI=1S/C22H25FN4O4/c1-3-31-20(29)16-12-18-19(28)27(17-11-7-6-10-15(17)23)22(2,13-26(18)25-16)21(30)24-14-8-4-5-9-14/h6-7,10-12,14H,3-5,8-9,13H2,1-2H3,(H,24,30)/t22-/m0/s1. The Labute approximate surface area is 179 Å². The minimum Gasteiger partial charge on any atom is -0.461 e. The van der Waals surface area contributed by atoms with Crippen molar-refractivity contribution in [3.8, 4) is 0 Å². The molecule has 9 heteroatoms. The van der Waals surface area contributed by atoms with Crippen LogP contribution in [0.15, 0.2) is 30.3 Å². The first kappa shape index (κ1) is 21.0. The molecule has 0 spiro atoms. The Morgan fingerprint density at radius 3 is 2.68 bits per heavy atom. The van der Waals surface area contributed by atoms with Crippen LogP contribution >= 0.6 is 0 Å². The van der Waals surface area contributed by atoms with E-state index < -0.39 is 23.2 Å². The summed E-state index contributed by atoms with van der Waals surface area (Å²) in [7, 11) is 0. The average molecular weight is 428 g/mol. The van der Waals surface area contributed by atoms with Crippen molar-refractivity contribution in [2.24, 2.45) is 0 Å². The van der Waals surface area contributed by atoms with Crippen molar-refractivity contribution in [1.82, 2.24) is 15.1 Å². The largest absolute Gasteiger partial charge is 0.461 e. The van der Waals surface area contributed by atoms with Gasteiger partial charge in [-0.05, 0) is 38.8 Å². The molecule has 1 aromatic heterocycles. The number of rotatable bonds is 5. The predicted molar refractivity (Wildman–Crippen MR) is 110 cm³/mol. The highest BCUT2D eigenvalue weighted by Gasteiger charge is 2.50. The average Bonchev–Trinajstić information content (AvgIpc) is 3.39. The highest BCUT2D eigenvalue weighted by Crippen LogP contribution is 2.34. The van der Waals surface area contributed by atoms with E-state index in [1.807, 2.05) is 0 Å². The summed E-state index contributed by atoms with van der Waals surface area (Å²) in [6.07, 6.45) is 3.80. The Morgan fingerprint density at radius 1 is 1.29 bits per heavy atom. The van der Waals surface area contributed by atoms with E-state index in [2.05, 4.69) is 10.4 Å². The zero-order chi connectivity index (χ0) is 22.2. The van der Waals surface area contributed by atoms with E-state index in [0.29, 0.717) is 0 Å². The van der Waals surface area contributed by atoms with Crippen molar-refractivity contribution in [2.75, 3.05) is 11.5 Å². The van der Waals surface area contributed by atoms with Gasteiger partial charge in [-0.15, -0.1) is 0 Å². The molecule has 2 heterocycles. The number of halogens is 1. The number of fused-ring (bicyclic) bond motifs is 1. The van der Waals surface area contributed by atoms with Gasteiger partial charge in [0.15, 0.2) is 5.69 Å². The molecular formula is C22H25FN4O4. The summed E-state index contributed by atoms with van der Waals surface area (Å²) in [5.74, 6) is -2.26. The van der Waals surface area contributed by atoms with Gasteiger partial charge in [0.2, 0.25) is 5.91 Å². The van der Waals surface area contributed by atoms with E-state index in [-0.39, 0.29) is 42.2 Å². The lowest BCUT2D eigenvalue weighted by molar-refractivity contribution is -0.127. The van der Waals surface area contributed by atoms with Crippen molar-refractivity contribution < 1.29 is 23.5 Å². The van der Waals surface area contributed by atoms with Gasteiger partial charge in [0.25, 0.3) is 5.91 Å². The molecule has 0 radical (unpaired) electrons. The van der Waals surface area contributed by atoms with Crippen molar-refractivity contribution in [2.45, 2.75) is 57.7 Å². The van der Waals surface area contributed by atoms with Crippen molar-refractivity contribution in [3.63, 3.8) is 0 Å². The van der Waals surface area contributed by atoms with E-state index >= 15 is 0 Å². The third-order valence-corrected chi connectivity index (χ3v) is 5.91. The lowest BCUT2D eigenvalue weighted by Crippen LogP contribution is -2.65. The van der Waals surface area contributed by atoms with E-state index in [4.69, 9.17) is 4.74 Å². The van der Waals surface area contributed by atoms with Gasteiger partial charge in [0, 0.05) is 12.1 Å². The third-order valence-electron chi connectivity index (χ3n) is 5.91. The summed E-state index contributed by atoms with van der Waals surface area (Å²) < 4.78 is 21.1. The minimum atomic E-state index is -1.44. The van der Waals surface area contributed by atoms with E-state index in [1.165, 1.54) is 33.8 Å². The molecule has 0 unspecified atom stereocenters. The molecule has 4 rings (SSSR count). The molecule has 8 nitrogen and oxygen atoms in total. The predicted octanol–water partition coefficient (Wildman–Crippen LogP) is 2.68. The highest BCUT2D eigenvalue weighted by molar-refractivity contribution is 6.12. The van der Waals surface area contributed by atoms with Gasteiger partial charge in [-0.25, -0.2) is 9.18 Å². The maximum absolute atomic E-state index is 14.7. The molecular weight excluding hydrogens is 403 g/mol. The topological polar surface area (TPSA) is 93.5 Å². The maximum Gasteiger partial charge on any atom is 0.358 e. The molecule has 0 bridgehead atoms. The molecule has 1 fully saturated rings. The van der Waals surface area contributed by atoms with Crippen LogP contribution in [0, 0.1) is 5.82 Å². The fourth-order valence-corrected chi connectivity index (χ4v) is 4.31. The van der Waals surface area contributed by atoms with Gasteiger partial charge in [-0.3, -0.25) is 19.2 Å². The lowest BCUT2D eigenvalue weighted by Gasteiger charge is -2.43. The Balaban J connectivity index is 1.78. The number of benzene rings is 1. The smallest absolute Gasteiger partial charge is 0.358 e. The molecule has 164 valence electrons. The zero-order valence-corrected chi connectivity index (χ0v) is 17.6. The number of carbonyl (C=O) groups excluding carboxylic acids is 3. The van der Waals surface area contributed by atoms with E-state index in [0.717, 1.165) is 25.7 Å². The van der Waals surface area contributed by atoms with Gasteiger partial charge in [-0.1, -0.05) is 25.0 Å². The number of esters is 1. The molecule has 1 saturated carbocycles. The number of hydrogen-bond acceptors (Lipinski definition) is 5. The minimum absolute atomic E-state index is 0.00158. The summed E-state index contributed by atoms with van der Waals surface area (Å²) in [6, 6.07) is 7.18. The summed E-state index contributed by atoms with van der Waals surface area (Å²) in [6.45, 7) is 3.40. The number of ether oxygens (including phenoxy) is 1. The van der Waals surface area contributed by atoms with Crippen LogP contribution in [0.2, 0.25) is 0 Å². The number of anilines is 1. The molecule has 31 heavy (non-hydrogen) atoms. The Bertz CT molecular complexity index is 1030. The fourth-order valence-electron chi connectivity index (χ4n) is 4.31. The molecule has 2 aliphatic rings. The van der Waals surface area contributed by atoms with Gasteiger partial charge < -0.3 is 10.1 Å². The lowest BCUT2D eigenvalue weighted by atomic mass is 9.93. The fraction of sp³-hybridized carbons (Fsp3) is 0.455. The van der Waals surface area contributed by atoms with E-state index in [9.17, 15) is 18.8 Å². The SMILES string of the molecule is CCOC(=O)c1cc2n(n1)C[C@@](C)(C(=O)NC1CCCC1)N(c1ccccc1F)C2=O. The molecule has 1 aliphatic carbocycles. The summed E-state index contributed by atoms with van der Waals surface area (Å²) >= 11 is 0. The molecule has 1 atom stereocenters. The molecule has 1 aromatic carbocycles. The van der Waals surface area contributed by atoms with Crippen molar-refractivity contribution in [1.29, 1.82) is 0 Å². The Morgan fingerprint density at radius 2 is 2.00 bits per heavy atom. The maximum atomic E-state index is 14.7. The molecule has 2 amide bonds. The molecule has 0 saturated heterocycles. The number of nitrogens with zero attached hydrogens (tertiary/aromatic N) is 3. The first-order chi connectivity index (χ1) is 14.8. The van der Waals surface area contributed by atoms with Crippen molar-refractivity contribution in [3.05, 3.63) is 47.5 Å². The molecule has 1 N–H and O–H groups in total. The number of nitrogens with one attached hydrogen (secondary N) is 1. The van der Waals surface area contributed by atoms with Crippen LogP contribution in [-0.2, 0) is 16.1 Å². The van der Waals surface area contributed by atoms with Crippen molar-refractivity contribution >= 4 is 23.5 Å². The van der Waals surface area contributed by atoms with Crippen LogP contribution in [0.4, 0.5) is 10.1 Å². The summed E-state index contributed by atoms with van der Waals surface area (Å²) in [4.78, 5) is 40.2. The van der Waals surface area contributed by atoms with E-state index in [1.54, 1.807) is 19.9 Å². The van der Waals surface area contributed by atoms with Crippen LogP contribution in [0.3, 0.4) is 0 Å². The number of aromatic nitrogens is 2. The first-order valence-corrected chi connectivity index (χ1v) is 10.5. The second-order valence-electron chi connectivity index (χ2n) is 8.11. The zero-order valence-electron chi connectivity index (χ0n) is 17.6. The Kier molecular flexibility index (Phi) is 5.51. The number of carbonyl (C=O) groups is 3. The highest BCUT2D eigenvalue weighted by atomic mass is 19.1. The second kappa shape index (κ2) is 8.13. The van der Waals surface area contributed by atoms with Gasteiger partial charge in [-0.2, -0.15) is 5.10 Å². The number of amides is 2. The molecule has 1 aliphatic heterocycles. The first-order valence-electron chi connectivity index (χ1n) is 10.5. The number of hydrogen-bond donors (Lipinski definition) is 1. The number of para-hydroxylation sites is 1.